The zero-order valence-electron chi connectivity index (χ0n) is 10.7. The van der Waals surface area contributed by atoms with Crippen LogP contribution in [-0.2, 0) is 17.7 Å². The van der Waals surface area contributed by atoms with E-state index in [4.69, 9.17) is 4.74 Å². The Labute approximate surface area is 103 Å². The average Bonchev–Trinajstić information content (AvgIpc) is 2.90. The van der Waals surface area contributed by atoms with Crippen molar-refractivity contribution in [1.29, 1.82) is 0 Å². The molecule has 1 aliphatic rings. The maximum Gasteiger partial charge on any atom is 0.157 e. The van der Waals surface area contributed by atoms with Crippen molar-refractivity contribution >= 4 is 0 Å². The van der Waals surface area contributed by atoms with E-state index in [1.165, 1.54) is 5.56 Å². The number of aryl methyl sites for hydroxylation is 1. The standard InChI is InChI=1S/C13H21N3O/c1-3-11-10(8-14-4-2)9-15-13(16-11)12-6-5-7-17-12/h9,12,14H,3-8H2,1-2H3. The highest BCUT2D eigenvalue weighted by Crippen LogP contribution is 2.26. The number of nitrogens with one attached hydrogen (secondary N) is 1. The minimum atomic E-state index is 0.119. The molecule has 1 N–H and O–H groups in total. The number of nitrogens with zero attached hydrogens (tertiary/aromatic N) is 2. The zero-order chi connectivity index (χ0) is 12.1. The number of hydrogen-bond acceptors (Lipinski definition) is 4. The summed E-state index contributed by atoms with van der Waals surface area (Å²) in [6, 6.07) is 0. The molecule has 2 rings (SSSR count). The molecule has 1 atom stereocenters. The Morgan fingerprint density at radius 3 is 3.00 bits per heavy atom. The van der Waals surface area contributed by atoms with Crippen LogP contribution in [0.1, 0.15) is 49.9 Å². The van der Waals surface area contributed by atoms with E-state index in [9.17, 15) is 0 Å². The van der Waals surface area contributed by atoms with Gasteiger partial charge in [0.1, 0.15) is 6.10 Å². The molecule has 0 aromatic carbocycles. The van der Waals surface area contributed by atoms with Crippen LogP contribution in [0.2, 0.25) is 0 Å². The van der Waals surface area contributed by atoms with Gasteiger partial charge in [-0.25, -0.2) is 9.97 Å². The van der Waals surface area contributed by atoms with Crippen molar-refractivity contribution in [2.45, 2.75) is 45.8 Å². The third kappa shape index (κ3) is 3.01. The van der Waals surface area contributed by atoms with Crippen molar-refractivity contribution < 1.29 is 4.74 Å². The van der Waals surface area contributed by atoms with E-state index in [1.807, 2.05) is 6.20 Å². The molecular formula is C13H21N3O. The fraction of sp³-hybridized carbons (Fsp3) is 0.692. The predicted molar refractivity (Wildman–Crippen MR) is 66.7 cm³/mol. The van der Waals surface area contributed by atoms with Crippen LogP contribution in [0.4, 0.5) is 0 Å². The molecule has 4 nitrogen and oxygen atoms in total. The molecule has 1 aliphatic heterocycles. The lowest BCUT2D eigenvalue weighted by molar-refractivity contribution is 0.105. The van der Waals surface area contributed by atoms with Crippen molar-refractivity contribution in [3.63, 3.8) is 0 Å². The van der Waals surface area contributed by atoms with E-state index in [0.717, 1.165) is 50.5 Å². The Morgan fingerprint density at radius 1 is 1.47 bits per heavy atom. The van der Waals surface area contributed by atoms with Crippen molar-refractivity contribution in [1.82, 2.24) is 15.3 Å². The molecule has 0 bridgehead atoms. The molecule has 0 saturated carbocycles. The Bertz CT molecular complexity index is 362. The van der Waals surface area contributed by atoms with Gasteiger partial charge in [0, 0.05) is 30.6 Å². The second kappa shape index (κ2) is 6.07. The summed E-state index contributed by atoms with van der Waals surface area (Å²) in [5, 5.41) is 3.32. The molecule has 94 valence electrons. The fourth-order valence-electron chi connectivity index (χ4n) is 2.11. The maximum absolute atomic E-state index is 5.62. The van der Waals surface area contributed by atoms with Gasteiger partial charge in [-0.15, -0.1) is 0 Å². The lowest BCUT2D eigenvalue weighted by Gasteiger charge is -2.12. The second-order valence-corrected chi connectivity index (χ2v) is 4.34. The molecule has 1 aromatic heterocycles. The third-order valence-corrected chi connectivity index (χ3v) is 3.09. The van der Waals surface area contributed by atoms with E-state index < -0.39 is 0 Å². The summed E-state index contributed by atoms with van der Waals surface area (Å²) in [6.45, 7) is 6.90. The summed E-state index contributed by atoms with van der Waals surface area (Å²) in [6.07, 6.45) is 5.19. The molecule has 2 heterocycles. The van der Waals surface area contributed by atoms with Gasteiger partial charge in [0.2, 0.25) is 0 Å². The largest absolute Gasteiger partial charge is 0.370 e. The molecule has 0 aliphatic carbocycles. The minimum Gasteiger partial charge on any atom is -0.370 e. The first-order chi connectivity index (χ1) is 8.35. The average molecular weight is 235 g/mol. The van der Waals surface area contributed by atoms with E-state index in [-0.39, 0.29) is 6.10 Å². The summed E-state index contributed by atoms with van der Waals surface area (Å²) < 4.78 is 5.62. The van der Waals surface area contributed by atoms with Crippen LogP contribution in [0.15, 0.2) is 6.20 Å². The highest BCUT2D eigenvalue weighted by Gasteiger charge is 2.21. The molecular weight excluding hydrogens is 214 g/mol. The maximum atomic E-state index is 5.62. The van der Waals surface area contributed by atoms with Crippen molar-refractivity contribution in [2.24, 2.45) is 0 Å². The van der Waals surface area contributed by atoms with Gasteiger partial charge in [0.15, 0.2) is 5.82 Å². The number of ether oxygens (including phenoxy) is 1. The zero-order valence-corrected chi connectivity index (χ0v) is 10.7. The number of aromatic nitrogens is 2. The van der Waals surface area contributed by atoms with Gasteiger partial charge in [-0.3, -0.25) is 0 Å². The summed E-state index contributed by atoms with van der Waals surface area (Å²) in [5.41, 5.74) is 2.35. The van der Waals surface area contributed by atoms with Gasteiger partial charge >= 0.3 is 0 Å². The fourth-order valence-corrected chi connectivity index (χ4v) is 2.11. The highest BCUT2D eigenvalue weighted by atomic mass is 16.5. The van der Waals surface area contributed by atoms with E-state index in [1.54, 1.807) is 0 Å². The summed E-state index contributed by atoms with van der Waals surface area (Å²) in [7, 11) is 0. The quantitative estimate of drug-likeness (QED) is 0.848. The monoisotopic (exact) mass is 235 g/mol. The van der Waals surface area contributed by atoms with Crippen LogP contribution >= 0.6 is 0 Å². The first-order valence-corrected chi connectivity index (χ1v) is 6.52. The van der Waals surface area contributed by atoms with Crippen LogP contribution in [0.25, 0.3) is 0 Å². The summed E-state index contributed by atoms with van der Waals surface area (Å²) >= 11 is 0. The lowest BCUT2D eigenvalue weighted by Crippen LogP contribution is -2.16. The molecule has 4 heteroatoms. The van der Waals surface area contributed by atoms with Crippen LogP contribution in [0.5, 0.6) is 0 Å². The SMILES string of the molecule is CCNCc1cnc(C2CCCO2)nc1CC. The normalized spacial score (nSPS) is 19.8. The topological polar surface area (TPSA) is 47.0 Å². The van der Waals surface area contributed by atoms with Gasteiger partial charge in [-0.2, -0.15) is 0 Å². The lowest BCUT2D eigenvalue weighted by atomic mass is 10.1. The first-order valence-electron chi connectivity index (χ1n) is 6.52. The molecule has 1 aromatic rings. The Balaban J connectivity index is 2.14. The minimum absolute atomic E-state index is 0.119. The predicted octanol–water partition coefficient (Wildman–Crippen LogP) is 2.00. The number of rotatable bonds is 5. The first kappa shape index (κ1) is 12.5. The number of hydrogen-bond donors (Lipinski definition) is 1. The summed E-state index contributed by atoms with van der Waals surface area (Å²) in [4.78, 5) is 9.10. The van der Waals surface area contributed by atoms with Crippen molar-refractivity contribution in [3.05, 3.63) is 23.3 Å². The Kier molecular flexibility index (Phi) is 4.45. The molecule has 0 radical (unpaired) electrons. The van der Waals surface area contributed by atoms with E-state index in [2.05, 4.69) is 29.1 Å². The molecule has 17 heavy (non-hydrogen) atoms. The van der Waals surface area contributed by atoms with E-state index >= 15 is 0 Å². The highest BCUT2D eigenvalue weighted by molar-refractivity contribution is 5.18. The van der Waals surface area contributed by atoms with Gasteiger partial charge in [0.05, 0.1) is 0 Å². The Hall–Kier alpha value is -1.00. The van der Waals surface area contributed by atoms with Crippen LogP contribution in [-0.4, -0.2) is 23.1 Å². The van der Waals surface area contributed by atoms with Crippen LogP contribution < -0.4 is 5.32 Å². The Morgan fingerprint density at radius 2 is 2.35 bits per heavy atom. The molecule has 1 fully saturated rings. The second-order valence-electron chi connectivity index (χ2n) is 4.34. The van der Waals surface area contributed by atoms with Gasteiger partial charge in [0.25, 0.3) is 0 Å². The van der Waals surface area contributed by atoms with Crippen LogP contribution in [0.3, 0.4) is 0 Å². The van der Waals surface area contributed by atoms with Gasteiger partial charge in [-0.05, 0) is 25.8 Å². The van der Waals surface area contributed by atoms with Gasteiger partial charge < -0.3 is 10.1 Å². The molecule has 1 unspecified atom stereocenters. The summed E-state index contributed by atoms with van der Waals surface area (Å²) in [5.74, 6) is 0.861. The van der Waals surface area contributed by atoms with Crippen molar-refractivity contribution in [2.75, 3.05) is 13.2 Å². The van der Waals surface area contributed by atoms with E-state index in [0.29, 0.717) is 0 Å². The smallest absolute Gasteiger partial charge is 0.157 e. The molecule has 0 spiro atoms. The van der Waals surface area contributed by atoms with Crippen LogP contribution in [0, 0.1) is 0 Å². The molecule has 0 amide bonds. The van der Waals surface area contributed by atoms with Gasteiger partial charge in [-0.1, -0.05) is 13.8 Å². The van der Waals surface area contributed by atoms with Crippen molar-refractivity contribution in [3.8, 4) is 0 Å². The third-order valence-electron chi connectivity index (χ3n) is 3.09. The molecule has 1 saturated heterocycles.